The van der Waals surface area contributed by atoms with Crippen LogP contribution in [-0.4, -0.2) is 195 Å². The van der Waals surface area contributed by atoms with Gasteiger partial charge in [-0.1, -0.05) is 116 Å². The van der Waals surface area contributed by atoms with E-state index in [-0.39, 0.29) is 136 Å². The van der Waals surface area contributed by atoms with Gasteiger partial charge in [-0.3, -0.25) is 98.4 Å². The van der Waals surface area contributed by atoms with Crippen LogP contribution >= 0.6 is 0 Å². The van der Waals surface area contributed by atoms with Gasteiger partial charge in [-0.05, 0) is 161 Å². The molecule has 38 heteroatoms. The second-order valence-corrected chi connectivity index (χ2v) is 30.7. The summed E-state index contributed by atoms with van der Waals surface area (Å²) in [6.07, 6.45) is 1.84. The van der Waals surface area contributed by atoms with Crippen molar-refractivity contribution in [2.75, 3.05) is 51.0 Å². The first-order chi connectivity index (χ1) is 57.1. The van der Waals surface area contributed by atoms with Crippen LogP contribution in [0.4, 0.5) is 11.4 Å². The Balaban J connectivity index is 1.44. The maximum atomic E-state index is 14.2. The zero-order valence-corrected chi connectivity index (χ0v) is 69.7. The van der Waals surface area contributed by atoms with Crippen LogP contribution in [-0.2, 0) is 80.0 Å². The van der Waals surface area contributed by atoms with Gasteiger partial charge in [0.25, 0.3) is 23.6 Å². The molecule has 0 fully saturated rings. The summed E-state index contributed by atoms with van der Waals surface area (Å²) in [5.74, 6) is -16.7. The first-order valence-corrected chi connectivity index (χ1v) is 40.2. The summed E-state index contributed by atoms with van der Waals surface area (Å²) in [5, 5.41) is 31.3. The Hall–Kier alpha value is -12.2. The summed E-state index contributed by atoms with van der Waals surface area (Å²) in [6.45, 7) is 14.0. The fourth-order valence-corrected chi connectivity index (χ4v) is 12.6. The van der Waals surface area contributed by atoms with E-state index < -0.39 is 167 Å². The van der Waals surface area contributed by atoms with Crippen LogP contribution in [0.3, 0.4) is 0 Å². The van der Waals surface area contributed by atoms with Gasteiger partial charge in [0, 0.05) is 37.3 Å². The number of methoxy groups -OCH3 is 2. The number of nitrogens with one attached hydrogen (secondary N) is 16. The van der Waals surface area contributed by atoms with Crippen LogP contribution < -0.4 is 118 Å². The van der Waals surface area contributed by atoms with E-state index in [0.717, 1.165) is 12.1 Å². The van der Waals surface area contributed by atoms with E-state index in [1.165, 1.54) is 38.5 Å². The molecule has 24 N–H and O–H groups in total. The van der Waals surface area contributed by atoms with Crippen molar-refractivity contribution in [1.82, 2.24) is 74.9 Å². The molecule has 4 aromatic rings. The monoisotopic (exact) mass is 1670 g/mol. The summed E-state index contributed by atoms with van der Waals surface area (Å²) >= 11 is 0. The molecule has 0 aromatic heterocycles. The van der Waals surface area contributed by atoms with E-state index >= 15 is 0 Å². The van der Waals surface area contributed by atoms with Crippen LogP contribution in [0.1, 0.15) is 164 Å². The van der Waals surface area contributed by atoms with Crippen molar-refractivity contribution in [3.63, 3.8) is 0 Å². The topological polar surface area (TPSA) is 588 Å². The van der Waals surface area contributed by atoms with E-state index in [4.69, 9.17) is 32.4 Å². The average Bonchev–Trinajstić information content (AvgIpc) is 0.829. The summed E-state index contributed by atoms with van der Waals surface area (Å²) in [5.41, 5.74) is 34.0. The molecular weight excluding hydrogens is 1550 g/mol. The van der Waals surface area contributed by atoms with Crippen molar-refractivity contribution in [1.29, 1.82) is 0 Å². The maximum absolute atomic E-state index is 14.2. The summed E-state index contributed by atoms with van der Waals surface area (Å²) in [7, 11) is 2.49. The zero-order chi connectivity index (χ0) is 88.7. The lowest BCUT2D eigenvalue weighted by Gasteiger charge is -2.26. The van der Waals surface area contributed by atoms with Crippen LogP contribution in [0, 0.1) is 23.7 Å². The lowest BCUT2D eigenvalue weighted by molar-refractivity contribution is -0.138. The van der Waals surface area contributed by atoms with E-state index in [1.807, 2.05) is 0 Å². The normalized spacial score (nSPS) is 22.2. The summed E-state index contributed by atoms with van der Waals surface area (Å²) < 4.78 is 10.9. The number of nitrogens with two attached hydrogens (primary N) is 4. The number of rotatable bonds is 20. The Kier molecular flexibility index (Phi) is 41.5. The minimum atomic E-state index is -1.40. The lowest BCUT2D eigenvalue weighted by atomic mass is 10.00. The molecule has 4 aromatic carbocycles. The molecule has 656 valence electrons. The Morgan fingerprint density at radius 2 is 0.708 bits per heavy atom. The Labute approximate surface area is 698 Å². The zero-order valence-electron chi connectivity index (χ0n) is 69.7. The quantitative estimate of drug-likeness (QED) is 0.0384. The number of hydrogen-bond acceptors (Lipinski definition) is 22. The molecule has 1 aliphatic rings. The number of amides is 16. The third kappa shape index (κ3) is 33.0. The van der Waals surface area contributed by atoms with Crippen molar-refractivity contribution >= 4 is 106 Å². The largest absolute Gasteiger partial charge is 0.496 e. The number of fused-ring (bicyclic) bond motifs is 4. The molecule has 0 saturated heterocycles. The average molecular weight is 1670 g/mol. The van der Waals surface area contributed by atoms with Gasteiger partial charge in [-0.25, -0.2) is 0 Å². The number of benzene rings is 4. The Morgan fingerprint density at radius 3 is 1.03 bits per heavy atom. The molecule has 120 heavy (non-hydrogen) atoms. The predicted molar refractivity (Wildman–Crippen MR) is 445 cm³/mol. The number of carbonyl (C=O) groups is 16. The van der Waals surface area contributed by atoms with Gasteiger partial charge in [0.05, 0.1) is 37.4 Å². The maximum Gasteiger partial charge on any atom is 0.313 e. The molecule has 0 spiro atoms. The van der Waals surface area contributed by atoms with Gasteiger partial charge in [-0.2, -0.15) is 0 Å². The molecule has 0 saturated carbocycles. The van der Waals surface area contributed by atoms with Crippen LogP contribution in [0.25, 0.3) is 0 Å². The van der Waals surface area contributed by atoms with Crippen molar-refractivity contribution in [3.8, 4) is 11.5 Å². The minimum absolute atomic E-state index is 0.00277. The fourth-order valence-electron chi connectivity index (χ4n) is 12.6. The SMILES string of the molecule is COc1ccc2cc1C(=O)NNC(=O)[C@H](Cc1ccccc1)NC(=O)[C@H](C(C)C)NC(=O)[C@@H](N)CCCNC(=O)[C@H](CCCCN)NC(=O)[C@H](CC(C)C)NC(=O)C(=O)Nc1ccc(OC)c(c1)C(=O)NNC(=O)[C@H](Cc1ccccc1)NC(=O)[C@H](C(C)C)NC(=O)[C@@H](N)CCCNC(=O)[C@H](CCCCN)NC(=O)[C@H](CC(C)C)NC(=O)C(=O)N2. The molecule has 0 radical (unpaired) electrons. The van der Waals surface area contributed by atoms with E-state index in [2.05, 4.69) is 85.5 Å². The first-order valence-electron chi connectivity index (χ1n) is 40.2. The smallest absolute Gasteiger partial charge is 0.313 e. The molecular formula is C82H120N20O18. The van der Waals surface area contributed by atoms with Gasteiger partial charge in [0.2, 0.25) is 47.3 Å². The van der Waals surface area contributed by atoms with Gasteiger partial charge in [0.15, 0.2) is 0 Å². The molecule has 38 nitrogen and oxygen atoms in total. The van der Waals surface area contributed by atoms with Crippen molar-refractivity contribution in [2.45, 2.75) is 206 Å². The minimum Gasteiger partial charge on any atom is -0.496 e. The first kappa shape index (κ1) is 98.4. The second-order valence-electron chi connectivity index (χ2n) is 30.7. The molecule has 10 atom stereocenters. The number of anilines is 2. The van der Waals surface area contributed by atoms with Crippen LogP contribution in [0.5, 0.6) is 11.5 Å². The highest BCUT2D eigenvalue weighted by Gasteiger charge is 2.36. The molecule has 5 rings (SSSR count). The van der Waals surface area contributed by atoms with E-state index in [0.29, 0.717) is 36.8 Å². The number of ether oxygens (including phenoxy) is 2. The Morgan fingerprint density at radius 1 is 0.358 bits per heavy atom. The lowest BCUT2D eigenvalue weighted by Crippen LogP contribution is -2.59. The van der Waals surface area contributed by atoms with Crippen molar-refractivity contribution < 1.29 is 86.2 Å². The van der Waals surface area contributed by atoms with Crippen molar-refractivity contribution in [3.05, 3.63) is 119 Å². The second kappa shape index (κ2) is 50.6. The predicted octanol–water partition coefficient (Wildman–Crippen LogP) is -0.710. The fraction of sp³-hybridized carbons (Fsp3) is 0.512. The van der Waals surface area contributed by atoms with Gasteiger partial charge in [0.1, 0.15) is 59.8 Å². The summed E-state index contributed by atoms with van der Waals surface area (Å²) in [4.78, 5) is 223. The number of hydrogen-bond donors (Lipinski definition) is 20. The molecule has 1 aliphatic heterocycles. The molecule has 0 unspecified atom stereocenters. The third-order valence-electron chi connectivity index (χ3n) is 19.2. The van der Waals surface area contributed by atoms with Crippen LogP contribution in [0.15, 0.2) is 97.1 Å². The molecule has 4 bridgehead atoms. The van der Waals surface area contributed by atoms with Crippen molar-refractivity contribution in [2.24, 2.45) is 46.6 Å². The molecule has 16 amide bonds. The number of unbranched alkanes of at least 4 members (excludes halogenated alkanes) is 2. The highest BCUT2D eigenvalue weighted by atomic mass is 16.5. The highest BCUT2D eigenvalue weighted by Crippen LogP contribution is 2.25. The molecule has 1 heterocycles. The van der Waals surface area contributed by atoms with Gasteiger partial charge >= 0.3 is 23.6 Å². The van der Waals surface area contributed by atoms with Crippen LogP contribution in [0.2, 0.25) is 0 Å². The number of hydrazine groups is 2. The van der Waals surface area contributed by atoms with E-state index in [9.17, 15) is 76.7 Å². The third-order valence-corrected chi connectivity index (χ3v) is 19.2. The number of carbonyl (C=O) groups excluding carboxylic acids is 16. The standard InChI is InChI=1S/C82H120N20O18/c1-45(2)39-59-73(109)91-57(29-17-19-35-83)71(107)87-37-21-27-55(85)69(105)97-65(47(5)6)77(113)94-62(42-50-25-15-12-16-26-50)76(112)102-100-68(104)54-44-52(32-34-64(54)120-10)90-80(116)82(118)96-60(40-46(3)4)74(110)92-58(30-18-20-36-84)72(108)88-38-22-28-56(86)70(106)98-66(48(7)8)78(114)93-61(41-49-23-13-11-14-24-49)75(111)101-99-67(103)53-43-51(31-33-63(53)119-9)89-79(115)81(117)95-59/h11-16,23-26,31-34,43-48,55-62,65-66H,17-22,27-30,35-42,83-86H2,1-10H3,(H,87,107)(H,88,108)(H,89,115)(H,90,116)(H,91,109)(H,92,110)(H,93,114)(H,94,113)(H,95,117)(H,96,118)(H,97,105)(H,98,106)(H,99,103)(H,100,104)(H,101,111)(H,102,112)/t55-,56-,57-,58-,59-,60-,61-,62-,65-,66-/m0/s1. The Bertz CT molecular complexity index is 3910. The molecule has 0 aliphatic carbocycles. The van der Waals surface area contributed by atoms with Gasteiger partial charge in [-0.15, -0.1) is 0 Å². The summed E-state index contributed by atoms with van der Waals surface area (Å²) in [6, 6.07) is 11.6. The van der Waals surface area contributed by atoms with Gasteiger partial charge < -0.3 is 96.2 Å². The van der Waals surface area contributed by atoms with E-state index in [1.54, 1.807) is 116 Å². The highest BCUT2D eigenvalue weighted by molar-refractivity contribution is 6.40.